The Morgan fingerprint density at radius 3 is 2.80 bits per heavy atom. The first-order valence-electron chi connectivity index (χ1n) is 7.05. The van der Waals surface area contributed by atoms with Crippen LogP contribution in [0.1, 0.15) is 36.1 Å². The molecule has 0 bridgehead atoms. The SMILES string of the molecule is CCc1oc2ccccc2c1CN[C@@H](C)c1cccs1. The molecule has 0 spiro atoms. The minimum Gasteiger partial charge on any atom is -0.461 e. The van der Waals surface area contributed by atoms with E-state index < -0.39 is 0 Å². The third kappa shape index (κ3) is 2.51. The molecule has 1 atom stereocenters. The Kier molecular flexibility index (Phi) is 3.90. The molecule has 0 radical (unpaired) electrons. The van der Waals surface area contributed by atoms with Gasteiger partial charge in [-0.25, -0.2) is 0 Å². The number of aryl methyl sites for hydroxylation is 1. The number of nitrogens with one attached hydrogen (secondary N) is 1. The number of hydrogen-bond donors (Lipinski definition) is 1. The molecule has 104 valence electrons. The summed E-state index contributed by atoms with van der Waals surface area (Å²) >= 11 is 1.80. The lowest BCUT2D eigenvalue weighted by atomic mass is 10.1. The van der Waals surface area contributed by atoms with Crippen molar-refractivity contribution >= 4 is 22.3 Å². The number of thiophene rings is 1. The van der Waals surface area contributed by atoms with Crippen molar-refractivity contribution in [2.24, 2.45) is 0 Å². The van der Waals surface area contributed by atoms with Crippen LogP contribution >= 0.6 is 11.3 Å². The fraction of sp³-hybridized carbons (Fsp3) is 0.294. The maximum atomic E-state index is 5.93. The van der Waals surface area contributed by atoms with Crippen LogP contribution in [0.5, 0.6) is 0 Å². The zero-order chi connectivity index (χ0) is 13.9. The summed E-state index contributed by atoms with van der Waals surface area (Å²) in [5, 5.41) is 6.96. The molecule has 3 aromatic rings. The van der Waals surface area contributed by atoms with Gasteiger partial charge < -0.3 is 9.73 Å². The lowest BCUT2D eigenvalue weighted by Crippen LogP contribution is -2.17. The largest absolute Gasteiger partial charge is 0.461 e. The van der Waals surface area contributed by atoms with E-state index in [2.05, 4.69) is 48.8 Å². The Morgan fingerprint density at radius 2 is 2.05 bits per heavy atom. The van der Waals surface area contributed by atoms with Crippen LogP contribution in [-0.4, -0.2) is 0 Å². The highest BCUT2D eigenvalue weighted by Crippen LogP contribution is 2.27. The van der Waals surface area contributed by atoms with Gasteiger partial charge >= 0.3 is 0 Å². The van der Waals surface area contributed by atoms with Crippen molar-refractivity contribution < 1.29 is 4.42 Å². The smallest absolute Gasteiger partial charge is 0.134 e. The van der Waals surface area contributed by atoms with Crippen LogP contribution in [0.4, 0.5) is 0 Å². The number of hydrogen-bond acceptors (Lipinski definition) is 3. The van der Waals surface area contributed by atoms with E-state index in [-0.39, 0.29) is 0 Å². The van der Waals surface area contributed by atoms with Gasteiger partial charge in [0.05, 0.1) is 0 Å². The maximum absolute atomic E-state index is 5.93. The molecule has 0 unspecified atom stereocenters. The molecule has 0 aliphatic carbocycles. The van der Waals surface area contributed by atoms with Gasteiger partial charge in [-0.3, -0.25) is 0 Å². The van der Waals surface area contributed by atoms with Gasteiger partial charge in [0, 0.05) is 34.8 Å². The molecule has 2 aromatic heterocycles. The zero-order valence-electron chi connectivity index (χ0n) is 11.8. The van der Waals surface area contributed by atoms with Gasteiger partial charge in [-0.15, -0.1) is 11.3 Å². The molecule has 0 saturated heterocycles. The standard InChI is InChI=1S/C17H19NOS/c1-3-15-14(13-7-4-5-8-16(13)19-15)11-18-12(2)17-9-6-10-20-17/h4-10,12,18H,3,11H2,1-2H3/t12-/m0/s1. The summed E-state index contributed by atoms with van der Waals surface area (Å²) in [4.78, 5) is 1.37. The fourth-order valence-corrected chi connectivity index (χ4v) is 3.28. The molecule has 0 aliphatic rings. The van der Waals surface area contributed by atoms with Gasteiger partial charge in [0.2, 0.25) is 0 Å². The van der Waals surface area contributed by atoms with E-state index in [0.29, 0.717) is 6.04 Å². The summed E-state index contributed by atoms with van der Waals surface area (Å²) in [6.45, 7) is 5.20. The fourth-order valence-electron chi connectivity index (χ4n) is 2.52. The quantitative estimate of drug-likeness (QED) is 0.720. The van der Waals surface area contributed by atoms with Gasteiger partial charge in [0.1, 0.15) is 11.3 Å². The number of rotatable bonds is 5. The van der Waals surface area contributed by atoms with Crippen molar-refractivity contribution in [3.8, 4) is 0 Å². The van der Waals surface area contributed by atoms with Crippen molar-refractivity contribution in [2.45, 2.75) is 32.9 Å². The number of para-hydroxylation sites is 1. The maximum Gasteiger partial charge on any atom is 0.134 e. The van der Waals surface area contributed by atoms with E-state index in [1.165, 1.54) is 15.8 Å². The molecular formula is C17H19NOS. The topological polar surface area (TPSA) is 25.2 Å². The van der Waals surface area contributed by atoms with Gasteiger partial charge in [0.15, 0.2) is 0 Å². The number of fused-ring (bicyclic) bond motifs is 1. The van der Waals surface area contributed by atoms with Crippen LogP contribution in [-0.2, 0) is 13.0 Å². The lowest BCUT2D eigenvalue weighted by Gasteiger charge is -2.12. The first kappa shape index (κ1) is 13.4. The summed E-state index contributed by atoms with van der Waals surface area (Å²) in [6, 6.07) is 12.9. The Bertz CT molecular complexity index is 684. The van der Waals surface area contributed by atoms with E-state index in [0.717, 1.165) is 24.3 Å². The predicted octanol–water partition coefficient (Wildman–Crippen LogP) is 4.91. The summed E-state index contributed by atoms with van der Waals surface area (Å²) in [5.41, 5.74) is 2.29. The Labute approximate surface area is 123 Å². The lowest BCUT2D eigenvalue weighted by molar-refractivity contribution is 0.532. The molecule has 3 heteroatoms. The summed E-state index contributed by atoms with van der Waals surface area (Å²) in [6.07, 6.45) is 0.930. The molecule has 0 amide bonds. The normalized spacial score (nSPS) is 12.9. The van der Waals surface area contributed by atoms with Gasteiger partial charge in [-0.1, -0.05) is 31.2 Å². The molecule has 1 aromatic carbocycles. The van der Waals surface area contributed by atoms with Crippen LogP contribution < -0.4 is 5.32 Å². The summed E-state index contributed by atoms with van der Waals surface area (Å²) < 4.78 is 5.93. The minimum atomic E-state index is 0.369. The molecule has 3 rings (SSSR count). The van der Waals surface area contributed by atoms with Crippen LogP contribution in [0.25, 0.3) is 11.0 Å². The van der Waals surface area contributed by atoms with Crippen molar-refractivity contribution in [2.75, 3.05) is 0 Å². The van der Waals surface area contributed by atoms with Crippen LogP contribution in [0, 0.1) is 0 Å². The molecule has 2 nitrogen and oxygen atoms in total. The first-order chi connectivity index (χ1) is 9.79. The van der Waals surface area contributed by atoms with E-state index >= 15 is 0 Å². The average molecular weight is 285 g/mol. The van der Waals surface area contributed by atoms with Gasteiger partial charge in [0.25, 0.3) is 0 Å². The first-order valence-corrected chi connectivity index (χ1v) is 7.93. The van der Waals surface area contributed by atoms with Crippen molar-refractivity contribution in [1.29, 1.82) is 0 Å². The van der Waals surface area contributed by atoms with Crippen molar-refractivity contribution in [3.05, 3.63) is 58.0 Å². The molecule has 0 aliphatic heterocycles. The molecular weight excluding hydrogens is 266 g/mol. The highest BCUT2D eigenvalue weighted by atomic mass is 32.1. The second-order valence-corrected chi connectivity index (χ2v) is 5.95. The van der Waals surface area contributed by atoms with Crippen LogP contribution in [0.15, 0.2) is 46.2 Å². The van der Waals surface area contributed by atoms with Gasteiger partial charge in [-0.05, 0) is 24.4 Å². The van der Waals surface area contributed by atoms with E-state index in [4.69, 9.17) is 4.42 Å². The average Bonchev–Trinajstić information content (AvgIpc) is 3.12. The highest BCUT2D eigenvalue weighted by Gasteiger charge is 2.13. The monoisotopic (exact) mass is 285 g/mol. The molecule has 1 N–H and O–H groups in total. The van der Waals surface area contributed by atoms with Gasteiger partial charge in [-0.2, -0.15) is 0 Å². The Morgan fingerprint density at radius 1 is 1.20 bits per heavy atom. The molecule has 0 fully saturated rings. The minimum absolute atomic E-state index is 0.369. The van der Waals surface area contributed by atoms with Crippen LogP contribution in [0.3, 0.4) is 0 Å². The highest BCUT2D eigenvalue weighted by molar-refractivity contribution is 7.10. The molecule has 0 saturated carbocycles. The Balaban J connectivity index is 1.83. The summed E-state index contributed by atoms with van der Waals surface area (Å²) in [7, 11) is 0. The zero-order valence-corrected chi connectivity index (χ0v) is 12.7. The second-order valence-electron chi connectivity index (χ2n) is 4.97. The van der Waals surface area contributed by atoms with E-state index in [1.54, 1.807) is 11.3 Å². The van der Waals surface area contributed by atoms with E-state index in [9.17, 15) is 0 Å². The molecule has 2 heterocycles. The second kappa shape index (κ2) is 5.81. The van der Waals surface area contributed by atoms with Crippen molar-refractivity contribution in [3.63, 3.8) is 0 Å². The third-order valence-corrected chi connectivity index (χ3v) is 4.71. The van der Waals surface area contributed by atoms with Crippen molar-refractivity contribution in [1.82, 2.24) is 5.32 Å². The Hall–Kier alpha value is -1.58. The summed E-state index contributed by atoms with van der Waals surface area (Å²) in [5.74, 6) is 1.09. The number of benzene rings is 1. The molecule has 20 heavy (non-hydrogen) atoms. The third-order valence-electron chi connectivity index (χ3n) is 3.66. The van der Waals surface area contributed by atoms with E-state index in [1.807, 2.05) is 12.1 Å². The van der Waals surface area contributed by atoms with Crippen LogP contribution in [0.2, 0.25) is 0 Å². The number of furan rings is 1. The predicted molar refractivity (Wildman–Crippen MR) is 85.2 cm³/mol.